The molecule has 0 unspecified atom stereocenters. The molecule has 3 nitrogen and oxygen atoms in total. The topological polar surface area (TPSA) is 21.7 Å². The number of halogens is 2. The molecule has 0 spiro atoms. The van der Waals surface area contributed by atoms with Gasteiger partial charge in [0.25, 0.3) is 6.64 Å². The summed E-state index contributed by atoms with van der Waals surface area (Å²) in [5.41, 5.74) is 0. The first kappa shape index (κ1) is 14.2. The molecule has 1 heterocycles. The van der Waals surface area contributed by atoms with Crippen molar-refractivity contribution in [2.24, 2.45) is 0 Å². The molecule has 0 amide bonds. The van der Waals surface area contributed by atoms with Crippen LogP contribution in [0.1, 0.15) is 12.8 Å². The minimum atomic E-state index is -2.30. The number of hydrogen-bond acceptors (Lipinski definition) is 3. The van der Waals surface area contributed by atoms with Gasteiger partial charge in [-0.15, -0.1) is 23.2 Å². The summed E-state index contributed by atoms with van der Waals surface area (Å²) < 4.78 is 13.3. The maximum absolute atomic E-state index is 5.73. The highest BCUT2D eigenvalue weighted by atomic mass is 35.5. The summed E-state index contributed by atoms with van der Waals surface area (Å²) in [4.78, 5) is 0. The van der Waals surface area contributed by atoms with Crippen molar-refractivity contribution in [3.05, 3.63) is 0 Å². The Hall–Kier alpha value is 1.11. The molecule has 90 valence electrons. The minimum absolute atomic E-state index is 0.516. The molecule has 0 radical (unpaired) electrons. The van der Waals surface area contributed by atoms with Gasteiger partial charge in [-0.05, 0) is 24.6 Å². The molecule has 1 aliphatic rings. The van der Waals surface area contributed by atoms with E-state index in [4.69, 9.17) is 44.1 Å². The molecule has 0 aromatic carbocycles. The van der Waals surface area contributed by atoms with Crippen molar-refractivity contribution in [1.82, 2.24) is 4.67 Å². The van der Waals surface area contributed by atoms with Crippen LogP contribution in [0.25, 0.3) is 0 Å². The molecular formula is C8H16Cl2NO2PS. The molecule has 0 bridgehead atoms. The molecule has 0 saturated carbocycles. The van der Waals surface area contributed by atoms with E-state index in [-0.39, 0.29) is 0 Å². The normalized spacial score (nSPS) is 21.5. The highest BCUT2D eigenvalue weighted by Crippen LogP contribution is 2.53. The fraction of sp³-hybridized carbons (Fsp3) is 1.00. The van der Waals surface area contributed by atoms with E-state index in [9.17, 15) is 0 Å². The monoisotopic (exact) mass is 291 g/mol. The van der Waals surface area contributed by atoms with E-state index in [2.05, 4.69) is 0 Å². The third kappa shape index (κ3) is 4.47. The van der Waals surface area contributed by atoms with E-state index < -0.39 is 6.64 Å². The fourth-order valence-electron chi connectivity index (χ4n) is 1.32. The molecule has 0 aliphatic carbocycles. The number of hydrogen-bond donors (Lipinski definition) is 0. The van der Waals surface area contributed by atoms with E-state index in [1.165, 1.54) is 0 Å². The largest absolute Gasteiger partial charge is 0.318 e. The lowest BCUT2D eigenvalue weighted by molar-refractivity contribution is 0.238. The third-order valence-electron chi connectivity index (χ3n) is 2.08. The highest BCUT2D eigenvalue weighted by Gasteiger charge is 2.29. The lowest BCUT2D eigenvalue weighted by Gasteiger charge is -2.31. The van der Waals surface area contributed by atoms with Gasteiger partial charge < -0.3 is 9.05 Å². The highest BCUT2D eigenvalue weighted by molar-refractivity contribution is 8.08. The zero-order chi connectivity index (χ0) is 11.1. The zero-order valence-electron chi connectivity index (χ0n) is 8.53. The molecule has 1 rings (SSSR count). The van der Waals surface area contributed by atoms with E-state index in [0.29, 0.717) is 38.1 Å². The summed E-state index contributed by atoms with van der Waals surface area (Å²) in [7, 11) is 0. The van der Waals surface area contributed by atoms with Gasteiger partial charge in [-0.25, -0.2) is 4.67 Å². The Morgan fingerprint density at radius 3 is 1.93 bits per heavy atom. The van der Waals surface area contributed by atoms with Crippen molar-refractivity contribution < 1.29 is 9.05 Å². The molecule has 1 fully saturated rings. The van der Waals surface area contributed by atoms with Crippen LogP contribution in [0.15, 0.2) is 0 Å². The fourth-order valence-corrected chi connectivity index (χ4v) is 4.71. The van der Waals surface area contributed by atoms with Crippen LogP contribution in [0.5, 0.6) is 0 Å². The first-order chi connectivity index (χ1) is 7.23. The smallest absolute Gasteiger partial charge is 0.264 e. The van der Waals surface area contributed by atoms with Crippen LogP contribution in [-0.2, 0) is 20.9 Å². The second-order valence-corrected chi connectivity index (χ2v) is 7.33. The number of alkyl halides is 2. The van der Waals surface area contributed by atoms with E-state index in [1.807, 2.05) is 4.67 Å². The first-order valence-corrected chi connectivity index (χ1v) is 8.65. The Morgan fingerprint density at radius 2 is 1.53 bits per heavy atom. The van der Waals surface area contributed by atoms with Gasteiger partial charge in [0.05, 0.1) is 13.2 Å². The molecule has 0 aromatic heterocycles. The maximum atomic E-state index is 5.73. The van der Waals surface area contributed by atoms with Crippen molar-refractivity contribution in [2.45, 2.75) is 12.8 Å². The number of nitrogens with zero attached hydrogens (tertiary/aromatic N) is 1. The average molecular weight is 292 g/mol. The molecular weight excluding hydrogens is 276 g/mol. The van der Waals surface area contributed by atoms with Gasteiger partial charge in [-0.3, -0.25) is 0 Å². The van der Waals surface area contributed by atoms with Crippen LogP contribution in [0, 0.1) is 0 Å². The molecule has 0 atom stereocenters. The van der Waals surface area contributed by atoms with Gasteiger partial charge in [0.15, 0.2) is 0 Å². The summed E-state index contributed by atoms with van der Waals surface area (Å²) in [6, 6.07) is 0. The Kier molecular flexibility index (Phi) is 7.03. The second-order valence-electron chi connectivity index (χ2n) is 3.17. The van der Waals surface area contributed by atoms with Gasteiger partial charge >= 0.3 is 0 Å². The van der Waals surface area contributed by atoms with Crippen molar-refractivity contribution in [2.75, 3.05) is 38.1 Å². The minimum Gasteiger partial charge on any atom is -0.318 e. The molecule has 15 heavy (non-hydrogen) atoms. The summed E-state index contributed by atoms with van der Waals surface area (Å²) in [5, 5.41) is 0. The lowest BCUT2D eigenvalue weighted by Crippen LogP contribution is -2.26. The summed E-state index contributed by atoms with van der Waals surface area (Å²) in [6.45, 7) is 0.400. The zero-order valence-corrected chi connectivity index (χ0v) is 11.8. The van der Waals surface area contributed by atoms with Gasteiger partial charge in [0, 0.05) is 24.8 Å². The van der Waals surface area contributed by atoms with Gasteiger partial charge in [-0.1, -0.05) is 0 Å². The molecule has 0 N–H and O–H groups in total. The Bertz CT molecular complexity index is 215. The Balaban J connectivity index is 2.64. The van der Waals surface area contributed by atoms with Crippen LogP contribution in [0.2, 0.25) is 0 Å². The SMILES string of the molecule is S=P1(N(CCCl)CCCl)OCCCCO1. The molecule has 0 aromatic rings. The van der Waals surface area contributed by atoms with Gasteiger partial charge in [-0.2, -0.15) is 0 Å². The third-order valence-corrected chi connectivity index (χ3v) is 5.85. The van der Waals surface area contributed by atoms with Crippen LogP contribution in [0.4, 0.5) is 0 Å². The van der Waals surface area contributed by atoms with E-state index in [0.717, 1.165) is 12.8 Å². The van der Waals surface area contributed by atoms with Crippen molar-refractivity contribution in [3.8, 4) is 0 Å². The predicted octanol–water partition coefficient (Wildman–Crippen LogP) is 2.82. The Labute approximate surface area is 106 Å². The predicted molar refractivity (Wildman–Crippen MR) is 68.4 cm³/mol. The summed E-state index contributed by atoms with van der Waals surface area (Å²) in [6.07, 6.45) is 2.02. The molecule has 1 aliphatic heterocycles. The van der Waals surface area contributed by atoms with Gasteiger partial charge in [0.2, 0.25) is 0 Å². The maximum Gasteiger partial charge on any atom is 0.264 e. The Morgan fingerprint density at radius 1 is 1.07 bits per heavy atom. The van der Waals surface area contributed by atoms with E-state index in [1.54, 1.807) is 0 Å². The quantitative estimate of drug-likeness (QED) is 0.574. The van der Waals surface area contributed by atoms with Crippen molar-refractivity contribution in [3.63, 3.8) is 0 Å². The van der Waals surface area contributed by atoms with Crippen LogP contribution in [0.3, 0.4) is 0 Å². The number of rotatable bonds is 5. The van der Waals surface area contributed by atoms with Crippen LogP contribution in [-0.4, -0.2) is 42.7 Å². The molecule has 7 heteroatoms. The van der Waals surface area contributed by atoms with Crippen LogP contribution >= 0.6 is 29.8 Å². The average Bonchev–Trinajstić information content (AvgIpc) is 2.44. The standard InChI is InChI=1S/C8H16Cl2NO2PS/c9-3-5-11(6-4-10)14(15)12-7-1-2-8-13-14/h1-8H2. The van der Waals surface area contributed by atoms with E-state index >= 15 is 0 Å². The molecule has 1 saturated heterocycles. The second kappa shape index (κ2) is 7.44. The van der Waals surface area contributed by atoms with Crippen molar-refractivity contribution in [1.29, 1.82) is 0 Å². The summed E-state index contributed by atoms with van der Waals surface area (Å²) in [5.74, 6) is 1.03. The van der Waals surface area contributed by atoms with Crippen LogP contribution < -0.4 is 0 Å². The summed E-state index contributed by atoms with van der Waals surface area (Å²) >= 11 is 16.9. The first-order valence-electron chi connectivity index (χ1n) is 4.99. The lowest BCUT2D eigenvalue weighted by atomic mass is 10.3. The van der Waals surface area contributed by atoms with Crippen molar-refractivity contribution >= 4 is 41.7 Å². The van der Waals surface area contributed by atoms with Gasteiger partial charge in [0.1, 0.15) is 0 Å².